The summed E-state index contributed by atoms with van der Waals surface area (Å²) in [5.74, 6) is 1.91. The number of fused-ring (bicyclic) bond motifs is 2. The maximum Gasteiger partial charge on any atom is 0.257 e. The molecule has 1 aliphatic carbocycles. The van der Waals surface area contributed by atoms with Gasteiger partial charge in [-0.2, -0.15) is 10.2 Å². The molecule has 9 heteroatoms. The molecule has 1 fully saturated rings. The Morgan fingerprint density at radius 3 is 2.64 bits per heavy atom. The predicted octanol–water partition coefficient (Wildman–Crippen LogP) is 5.40. The Labute approximate surface area is 209 Å². The molecular weight excluding hydrogens is 456 g/mol. The molecule has 1 amide bonds. The van der Waals surface area contributed by atoms with Crippen molar-refractivity contribution in [2.75, 3.05) is 18.5 Å². The van der Waals surface area contributed by atoms with E-state index in [0.29, 0.717) is 58.9 Å². The van der Waals surface area contributed by atoms with Gasteiger partial charge in [-0.3, -0.25) is 4.79 Å². The number of aromatic nitrogens is 5. The molecule has 2 aliphatic rings. The largest absolute Gasteiger partial charge is 0.486 e. The lowest BCUT2D eigenvalue weighted by atomic mass is 9.96. The molecule has 1 aromatic carbocycles. The number of benzene rings is 1. The first-order valence-electron chi connectivity index (χ1n) is 12.7. The minimum absolute atomic E-state index is 0.0918. The van der Waals surface area contributed by atoms with E-state index in [0.717, 1.165) is 18.4 Å². The molecule has 186 valence electrons. The van der Waals surface area contributed by atoms with Crippen LogP contribution in [0.4, 0.5) is 5.82 Å². The van der Waals surface area contributed by atoms with Crippen molar-refractivity contribution >= 4 is 22.8 Å². The molecule has 1 saturated carbocycles. The highest BCUT2D eigenvalue weighted by molar-refractivity contribution is 6.12. The number of amides is 1. The molecule has 1 N–H and O–H groups in total. The first-order chi connectivity index (χ1) is 17.6. The molecule has 0 bridgehead atoms. The van der Waals surface area contributed by atoms with E-state index in [1.807, 2.05) is 53.5 Å². The van der Waals surface area contributed by atoms with Crippen LogP contribution in [0.2, 0.25) is 0 Å². The molecule has 4 heterocycles. The molecular formula is C27H30N6O3. The lowest BCUT2D eigenvalue weighted by molar-refractivity contribution is 0.102. The van der Waals surface area contributed by atoms with Gasteiger partial charge in [0.25, 0.3) is 5.91 Å². The van der Waals surface area contributed by atoms with Gasteiger partial charge in [-0.05, 0) is 51.0 Å². The summed E-state index contributed by atoms with van der Waals surface area (Å²) in [5, 5.41) is 12.9. The molecule has 4 aromatic rings. The Kier molecular flexibility index (Phi) is 5.83. The van der Waals surface area contributed by atoms with Gasteiger partial charge in [0.1, 0.15) is 19.0 Å². The van der Waals surface area contributed by atoms with Gasteiger partial charge in [-0.1, -0.05) is 19.3 Å². The Bertz CT molecular complexity index is 1420. The average Bonchev–Trinajstić information content (AvgIpc) is 3.55. The van der Waals surface area contributed by atoms with E-state index in [1.165, 1.54) is 19.3 Å². The second-order valence-corrected chi connectivity index (χ2v) is 9.74. The molecule has 6 rings (SSSR count). The lowest BCUT2D eigenvalue weighted by Gasteiger charge is -2.24. The zero-order chi connectivity index (χ0) is 24.6. The normalized spacial score (nSPS) is 16.0. The highest BCUT2D eigenvalue weighted by Gasteiger charge is 2.23. The molecule has 1 aliphatic heterocycles. The fourth-order valence-electron chi connectivity index (χ4n) is 5.15. The van der Waals surface area contributed by atoms with Crippen molar-refractivity contribution in [1.29, 1.82) is 0 Å². The number of ether oxygens (including phenoxy) is 2. The van der Waals surface area contributed by atoms with Crippen LogP contribution in [0.1, 0.15) is 68.4 Å². The molecule has 36 heavy (non-hydrogen) atoms. The third-order valence-corrected chi connectivity index (χ3v) is 6.97. The number of carbonyl (C=O) groups excluding carboxylic acids is 1. The van der Waals surface area contributed by atoms with Crippen molar-refractivity contribution in [2.24, 2.45) is 0 Å². The third kappa shape index (κ3) is 4.08. The molecule has 0 atom stereocenters. The van der Waals surface area contributed by atoms with Gasteiger partial charge in [0, 0.05) is 17.7 Å². The van der Waals surface area contributed by atoms with Crippen LogP contribution in [0.3, 0.4) is 0 Å². The van der Waals surface area contributed by atoms with Crippen molar-refractivity contribution in [3.63, 3.8) is 0 Å². The SMILES string of the molecule is CC(C)n1ncc2c(C(=O)Nc3ccnn3C3CCCCC3)cc(-c3ccc4c(c3)OCCO4)nc21. The first kappa shape index (κ1) is 22.6. The van der Waals surface area contributed by atoms with Gasteiger partial charge in [-0.15, -0.1) is 0 Å². The zero-order valence-electron chi connectivity index (χ0n) is 20.6. The van der Waals surface area contributed by atoms with Crippen LogP contribution in [0.15, 0.2) is 42.7 Å². The van der Waals surface area contributed by atoms with Crippen LogP contribution >= 0.6 is 0 Å². The van der Waals surface area contributed by atoms with Crippen LogP contribution in [0, 0.1) is 0 Å². The molecule has 9 nitrogen and oxygen atoms in total. The van der Waals surface area contributed by atoms with E-state index >= 15 is 0 Å². The zero-order valence-corrected chi connectivity index (χ0v) is 20.6. The van der Waals surface area contributed by atoms with E-state index in [2.05, 4.69) is 15.5 Å². The summed E-state index contributed by atoms with van der Waals surface area (Å²) in [6.07, 6.45) is 9.29. The van der Waals surface area contributed by atoms with Crippen LogP contribution in [0.5, 0.6) is 11.5 Å². The number of anilines is 1. The summed E-state index contributed by atoms with van der Waals surface area (Å²) >= 11 is 0. The van der Waals surface area contributed by atoms with Crippen LogP contribution < -0.4 is 14.8 Å². The summed E-state index contributed by atoms with van der Waals surface area (Å²) in [6, 6.07) is 9.85. The lowest BCUT2D eigenvalue weighted by Crippen LogP contribution is -2.20. The van der Waals surface area contributed by atoms with Crippen molar-refractivity contribution in [3.8, 4) is 22.8 Å². The third-order valence-electron chi connectivity index (χ3n) is 6.97. The van der Waals surface area contributed by atoms with Crippen molar-refractivity contribution in [2.45, 2.75) is 58.0 Å². The van der Waals surface area contributed by atoms with Gasteiger partial charge in [0.05, 0.1) is 35.1 Å². The summed E-state index contributed by atoms with van der Waals surface area (Å²) in [4.78, 5) is 18.6. The van der Waals surface area contributed by atoms with Crippen molar-refractivity contribution in [3.05, 3.63) is 48.3 Å². The van der Waals surface area contributed by atoms with Crippen molar-refractivity contribution in [1.82, 2.24) is 24.5 Å². The molecule has 0 radical (unpaired) electrons. The van der Waals surface area contributed by atoms with Gasteiger partial charge in [0.15, 0.2) is 17.1 Å². The van der Waals surface area contributed by atoms with Gasteiger partial charge >= 0.3 is 0 Å². The summed E-state index contributed by atoms with van der Waals surface area (Å²) in [5.41, 5.74) is 2.71. The maximum atomic E-state index is 13.7. The molecule has 0 saturated heterocycles. The monoisotopic (exact) mass is 486 g/mol. The Balaban J connectivity index is 1.40. The quantitative estimate of drug-likeness (QED) is 0.406. The Hall–Kier alpha value is -3.88. The molecule has 3 aromatic heterocycles. The van der Waals surface area contributed by atoms with Gasteiger partial charge in [0.2, 0.25) is 0 Å². The van der Waals surface area contributed by atoms with Crippen LogP contribution in [-0.2, 0) is 0 Å². The summed E-state index contributed by atoms with van der Waals surface area (Å²) in [7, 11) is 0. The van der Waals surface area contributed by atoms with E-state index in [4.69, 9.17) is 14.5 Å². The second kappa shape index (κ2) is 9.29. The Morgan fingerprint density at radius 1 is 1.03 bits per heavy atom. The summed E-state index contributed by atoms with van der Waals surface area (Å²) < 4.78 is 15.3. The van der Waals surface area contributed by atoms with E-state index in [9.17, 15) is 4.79 Å². The minimum Gasteiger partial charge on any atom is -0.486 e. The highest BCUT2D eigenvalue weighted by atomic mass is 16.6. The van der Waals surface area contributed by atoms with Gasteiger partial charge in [-0.25, -0.2) is 14.3 Å². The fourth-order valence-corrected chi connectivity index (χ4v) is 5.15. The molecule has 0 unspecified atom stereocenters. The topological polar surface area (TPSA) is 96.1 Å². The fraction of sp³-hybridized carbons (Fsp3) is 0.407. The predicted molar refractivity (Wildman–Crippen MR) is 137 cm³/mol. The van der Waals surface area contributed by atoms with E-state index in [-0.39, 0.29) is 11.9 Å². The van der Waals surface area contributed by atoms with Crippen LogP contribution in [0.25, 0.3) is 22.3 Å². The number of nitrogens with one attached hydrogen (secondary N) is 1. The number of pyridine rings is 1. The van der Waals surface area contributed by atoms with Crippen LogP contribution in [-0.4, -0.2) is 43.7 Å². The number of hydrogen-bond donors (Lipinski definition) is 1. The Morgan fingerprint density at radius 2 is 1.83 bits per heavy atom. The summed E-state index contributed by atoms with van der Waals surface area (Å²) in [6.45, 7) is 5.14. The second-order valence-electron chi connectivity index (χ2n) is 9.74. The number of carbonyl (C=O) groups is 1. The first-order valence-corrected chi connectivity index (χ1v) is 12.7. The maximum absolute atomic E-state index is 13.7. The minimum atomic E-state index is -0.206. The highest BCUT2D eigenvalue weighted by Crippen LogP contribution is 2.36. The van der Waals surface area contributed by atoms with E-state index < -0.39 is 0 Å². The molecule has 0 spiro atoms. The standard InChI is InChI=1S/C27H30N6O3/c1-17(2)32-26-21(16-29-32)20(15-22(30-26)18-8-9-23-24(14-18)36-13-12-35-23)27(34)31-25-10-11-28-33(25)19-6-4-3-5-7-19/h8-11,14-17,19H,3-7,12-13H2,1-2H3,(H,31,34). The van der Waals surface area contributed by atoms with Crippen molar-refractivity contribution < 1.29 is 14.3 Å². The average molecular weight is 487 g/mol. The van der Waals surface area contributed by atoms with Gasteiger partial charge < -0.3 is 14.8 Å². The number of hydrogen-bond acceptors (Lipinski definition) is 6. The smallest absolute Gasteiger partial charge is 0.257 e. The van der Waals surface area contributed by atoms with E-state index in [1.54, 1.807) is 12.4 Å². The number of rotatable bonds is 5. The number of nitrogens with zero attached hydrogens (tertiary/aromatic N) is 5.